The molecule has 0 amide bonds. The van der Waals surface area contributed by atoms with Crippen LogP contribution in [0.15, 0.2) is 72.1 Å². The minimum Gasteiger partial charge on any atom is -0.480 e. The Balaban J connectivity index is 1.61. The van der Waals surface area contributed by atoms with Crippen LogP contribution in [0.2, 0.25) is 0 Å². The van der Waals surface area contributed by atoms with Crippen molar-refractivity contribution in [2.75, 3.05) is 11.8 Å². The van der Waals surface area contributed by atoms with Crippen LogP contribution in [0.3, 0.4) is 0 Å². The molecule has 0 aliphatic rings. The van der Waals surface area contributed by atoms with Gasteiger partial charge < -0.3 is 9.30 Å². The van der Waals surface area contributed by atoms with Crippen molar-refractivity contribution in [3.05, 3.63) is 78.9 Å². The maximum atomic E-state index is 14.2. The molecule has 5 rings (SSSR count). The van der Waals surface area contributed by atoms with Crippen molar-refractivity contribution in [2.24, 2.45) is 7.05 Å². The van der Waals surface area contributed by atoms with Gasteiger partial charge >= 0.3 is 0 Å². The van der Waals surface area contributed by atoms with E-state index < -0.39 is 26.6 Å². The zero-order valence-corrected chi connectivity index (χ0v) is 19.8. The average molecular weight is 509 g/mol. The molecule has 1 aromatic carbocycles. The Hall–Kier alpha value is -4.45. The summed E-state index contributed by atoms with van der Waals surface area (Å²) < 4.78 is 62.7. The summed E-state index contributed by atoms with van der Waals surface area (Å²) in [6, 6.07) is 9.29. The number of hydrogen-bond donors (Lipinski definition) is 1. The van der Waals surface area contributed by atoms with Crippen LogP contribution in [0.5, 0.6) is 5.88 Å². The minimum absolute atomic E-state index is 0.0156. The van der Waals surface area contributed by atoms with Crippen molar-refractivity contribution in [1.29, 1.82) is 0 Å². The number of pyridine rings is 2. The topological polar surface area (TPSA) is 112 Å². The number of anilines is 1. The lowest BCUT2D eigenvalue weighted by Crippen LogP contribution is -2.15. The van der Waals surface area contributed by atoms with Crippen LogP contribution < -0.4 is 9.46 Å². The SMILES string of the molecule is COc1ncc(-c2ccnc3c2cc(-c2ccnnc2)n3C)cc1NS(=O)(=O)c1ccc(F)cc1F. The number of nitrogens with one attached hydrogen (secondary N) is 1. The standard InChI is InChI=1S/C24H18F2N6O3S/c1-32-21(14-5-8-29-30-13-14)11-18-17(6-7-27-23(18)32)15-9-20(24(35-2)28-12-15)31-36(33,34)22-4-3-16(25)10-19(22)26/h3-13,31H,1-2H3. The fourth-order valence-electron chi connectivity index (χ4n) is 3.92. The number of ether oxygens (including phenoxy) is 1. The molecule has 0 unspecified atom stereocenters. The Morgan fingerprint density at radius 3 is 2.50 bits per heavy atom. The van der Waals surface area contributed by atoms with Crippen molar-refractivity contribution >= 4 is 26.7 Å². The second-order valence-electron chi connectivity index (χ2n) is 7.78. The predicted molar refractivity (Wildman–Crippen MR) is 129 cm³/mol. The lowest BCUT2D eigenvalue weighted by atomic mass is 10.0. The molecule has 9 nitrogen and oxygen atoms in total. The van der Waals surface area contributed by atoms with Crippen molar-refractivity contribution < 1.29 is 21.9 Å². The van der Waals surface area contributed by atoms with Crippen molar-refractivity contribution in [1.82, 2.24) is 24.7 Å². The first-order valence-electron chi connectivity index (χ1n) is 10.5. The first kappa shape index (κ1) is 23.3. The third-order valence-electron chi connectivity index (χ3n) is 5.59. The second kappa shape index (κ2) is 8.96. The summed E-state index contributed by atoms with van der Waals surface area (Å²) in [6.45, 7) is 0. The van der Waals surface area contributed by atoms with Crippen LogP contribution in [-0.4, -0.2) is 40.3 Å². The van der Waals surface area contributed by atoms with Gasteiger partial charge in [0.05, 0.1) is 25.2 Å². The Bertz CT molecular complexity index is 1710. The number of aromatic nitrogens is 5. The largest absolute Gasteiger partial charge is 0.480 e. The molecule has 0 fully saturated rings. The fourth-order valence-corrected chi connectivity index (χ4v) is 5.03. The van der Waals surface area contributed by atoms with E-state index in [2.05, 4.69) is 24.9 Å². The third-order valence-corrected chi connectivity index (χ3v) is 6.99. The van der Waals surface area contributed by atoms with Crippen LogP contribution in [0.25, 0.3) is 33.4 Å². The highest BCUT2D eigenvalue weighted by atomic mass is 32.2. The molecule has 4 aromatic heterocycles. The Morgan fingerprint density at radius 2 is 1.78 bits per heavy atom. The van der Waals surface area contributed by atoms with Crippen LogP contribution in [0.1, 0.15) is 0 Å². The molecule has 182 valence electrons. The van der Waals surface area contributed by atoms with Gasteiger partial charge in [-0.25, -0.2) is 27.2 Å². The number of nitrogens with zero attached hydrogens (tertiary/aromatic N) is 5. The molecule has 36 heavy (non-hydrogen) atoms. The summed E-state index contributed by atoms with van der Waals surface area (Å²) in [5.74, 6) is -2.13. The lowest BCUT2D eigenvalue weighted by molar-refractivity contribution is 0.400. The smallest absolute Gasteiger partial charge is 0.264 e. The number of aryl methyl sites for hydroxylation is 1. The zero-order valence-electron chi connectivity index (χ0n) is 19.0. The molecular weight excluding hydrogens is 490 g/mol. The number of halogens is 2. The van der Waals surface area contributed by atoms with Gasteiger partial charge in [-0.1, -0.05) is 0 Å². The average Bonchev–Trinajstić information content (AvgIpc) is 3.20. The number of rotatable bonds is 6. The van der Waals surface area contributed by atoms with Crippen LogP contribution in [-0.2, 0) is 17.1 Å². The van der Waals surface area contributed by atoms with Gasteiger partial charge in [-0.15, -0.1) is 0 Å². The van der Waals surface area contributed by atoms with Gasteiger partial charge in [0.15, 0.2) is 0 Å². The highest BCUT2D eigenvalue weighted by Crippen LogP contribution is 2.36. The van der Waals surface area contributed by atoms with E-state index in [0.29, 0.717) is 17.3 Å². The van der Waals surface area contributed by atoms with E-state index in [1.807, 2.05) is 23.7 Å². The quantitative estimate of drug-likeness (QED) is 0.366. The molecule has 0 bridgehead atoms. The van der Waals surface area contributed by atoms with E-state index >= 15 is 0 Å². The highest BCUT2D eigenvalue weighted by Gasteiger charge is 2.23. The van der Waals surface area contributed by atoms with Gasteiger partial charge in [0.25, 0.3) is 10.0 Å². The molecule has 0 aliphatic heterocycles. The lowest BCUT2D eigenvalue weighted by Gasteiger charge is -2.13. The normalized spacial score (nSPS) is 11.6. The van der Waals surface area contributed by atoms with Crippen LogP contribution in [0.4, 0.5) is 14.5 Å². The number of fused-ring (bicyclic) bond motifs is 1. The maximum Gasteiger partial charge on any atom is 0.264 e. The van der Waals surface area contributed by atoms with E-state index in [9.17, 15) is 17.2 Å². The van der Waals surface area contributed by atoms with Gasteiger partial charge in [-0.2, -0.15) is 10.2 Å². The summed E-state index contributed by atoms with van der Waals surface area (Å²) in [6.07, 6.45) is 6.40. The summed E-state index contributed by atoms with van der Waals surface area (Å²) in [7, 11) is -1.21. The summed E-state index contributed by atoms with van der Waals surface area (Å²) in [4.78, 5) is 8.01. The summed E-state index contributed by atoms with van der Waals surface area (Å²) in [5, 5.41) is 8.54. The first-order chi connectivity index (χ1) is 17.3. The van der Waals surface area contributed by atoms with E-state index in [1.165, 1.54) is 19.4 Å². The molecule has 0 radical (unpaired) electrons. The van der Waals surface area contributed by atoms with Gasteiger partial charge in [0, 0.05) is 42.0 Å². The van der Waals surface area contributed by atoms with Crippen LogP contribution >= 0.6 is 0 Å². The van der Waals surface area contributed by atoms with Crippen molar-refractivity contribution in [2.45, 2.75) is 4.90 Å². The van der Waals surface area contributed by atoms with Gasteiger partial charge in [-0.05, 0) is 42.0 Å². The minimum atomic E-state index is -4.41. The summed E-state index contributed by atoms with van der Waals surface area (Å²) >= 11 is 0. The van der Waals surface area contributed by atoms with Crippen molar-refractivity contribution in [3.63, 3.8) is 0 Å². The van der Waals surface area contributed by atoms with E-state index in [1.54, 1.807) is 24.7 Å². The Morgan fingerprint density at radius 1 is 0.944 bits per heavy atom. The molecule has 0 atom stereocenters. The van der Waals surface area contributed by atoms with Gasteiger partial charge in [0.1, 0.15) is 27.9 Å². The van der Waals surface area contributed by atoms with E-state index in [4.69, 9.17) is 4.74 Å². The summed E-state index contributed by atoms with van der Waals surface area (Å²) in [5.41, 5.74) is 3.66. The first-order valence-corrected chi connectivity index (χ1v) is 12.0. The van der Waals surface area contributed by atoms with Crippen molar-refractivity contribution in [3.8, 4) is 28.3 Å². The molecule has 12 heteroatoms. The molecule has 0 spiro atoms. The highest BCUT2D eigenvalue weighted by molar-refractivity contribution is 7.92. The van der Waals surface area contributed by atoms with Gasteiger partial charge in [-0.3, -0.25) is 4.72 Å². The number of sulfonamides is 1. The second-order valence-corrected chi connectivity index (χ2v) is 9.43. The Labute approximate surface area is 204 Å². The molecule has 5 aromatic rings. The van der Waals surface area contributed by atoms with Crippen LogP contribution in [0, 0.1) is 11.6 Å². The number of benzene rings is 1. The molecule has 1 N–H and O–H groups in total. The third kappa shape index (κ3) is 4.11. The monoisotopic (exact) mass is 508 g/mol. The van der Waals surface area contributed by atoms with E-state index in [-0.39, 0.29) is 11.6 Å². The number of methoxy groups -OCH3 is 1. The fraction of sp³-hybridized carbons (Fsp3) is 0.0833. The molecule has 0 aliphatic carbocycles. The molecule has 4 heterocycles. The maximum absolute atomic E-state index is 14.2. The van der Waals surface area contributed by atoms with Gasteiger partial charge in [0.2, 0.25) is 5.88 Å². The van der Waals surface area contributed by atoms with E-state index in [0.717, 1.165) is 34.3 Å². The predicted octanol–water partition coefficient (Wildman–Crippen LogP) is 4.18. The molecule has 0 saturated carbocycles. The Kier molecular flexibility index (Phi) is 5.80. The number of hydrogen-bond acceptors (Lipinski definition) is 7. The zero-order chi connectivity index (χ0) is 25.4. The molecule has 0 saturated heterocycles. The molecular formula is C24H18F2N6O3S.